The fourth-order valence-corrected chi connectivity index (χ4v) is 2.11. The van der Waals surface area contributed by atoms with E-state index in [9.17, 15) is 9.59 Å². The van der Waals surface area contributed by atoms with Crippen molar-refractivity contribution in [1.82, 2.24) is 4.90 Å². The van der Waals surface area contributed by atoms with Gasteiger partial charge in [0.2, 0.25) is 11.8 Å². The van der Waals surface area contributed by atoms with Crippen LogP contribution in [0.5, 0.6) is 0 Å². The highest BCUT2D eigenvalue weighted by molar-refractivity contribution is 9.12. The molecule has 0 saturated carbocycles. The van der Waals surface area contributed by atoms with E-state index in [0.29, 0.717) is 19.4 Å². The van der Waals surface area contributed by atoms with Crippen LogP contribution in [0.1, 0.15) is 19.8 Å². The smallest absolute Gasteiger partial charge is 0.240 e. The monoisotopic (exact) mass is 272 g/mol. The Balaban J connectivity index is 2.74. The number of carbonyl (C=O) groups is 2. The SMILES string of the molecule is CCC(C(N)=O)N1CC(C#CBr)CC1=O. The van der Waals surface area contributed by atoms with E-state index in [2.05, 4.69) is 26.7 Å². The largest absolute Gasteiger partial charge is 0.368 e. The van der Waals surface area contributed by atoms with Gasteiger partial charge in [-0.3, -0.25) is 9.59 Å². The molecule has 2 N–H and O–H groups in total. The Morgan fingerprint density at radius 2 is 2.47 bits per heavy atom. The van der Waals surface area contributed by atoms with Crippen LogP contribution in [-0.2, 0) is 9.59 Å². The molecule has 0 spiro atoms. The molecule has 2 atom stereocenters. The van der Waals surface area contributed by atoms with Crippen molar-refractivity contribution in [2.45, 2.75) is 25.8 Å². The number of primary amides is 1. The second kappa shape index (κ2) is 5.17. The second-order valence-corrected chi connectivity index (χ2v) is 3.91. The van der Waals surface area contributed by atoms with E-state index < -0.39 is 11.9 Å². The number of likely N-dealkylation sites (tertiary alicyclic amines) is 1. The van der Waals surface area contributed by atoms with Crippen molar-refractivity contribution in [3.8, 4) is 10.8 Å². The molecule has 4 nitrogen and oxygen atoms in total. The predicted molar refractivity (Wildman–Crippen MR) is 59.8 cm³/mol. The maximum atomic E-state index is 11.6. The van der Waals surface area contributed by atoms with Crippen LogP contribution in [0.4, 0.5) is 0 Å². The van der Waals surface area contributed by atoms with Gasteiger partial charge in [-0.25, -0.2) is 0 Å². The lowest BCUT2D eigenvalue weighted by Crippen LogP contribution is -2.45. The third-order valence-corrected chi connectivity index (χ3v) is 2.74. The molecular weight excluding hydrogens is 260 g/mol. The molecule has 1 heterocycles. The molecule has 0 bridgehead atoms. The first-order chi connectivity index (χ1) is 7.10. The van der Waals surface area contributed by atoms with Crippen LogP contribution in [0.2, 0.25) is 0 Å². The van der Waals surface area contributed by atoms with Crippen molar-refractivity contribution in [3.63, 3.8) is 0 Å². The van der Waals surface area contributed by atoms with Gasteiger partial charge in [-0.2, -0.15) is 0 Å². The standard InChI is InChI=1S/C10H13BrN2O2/c1-2-8(10(12)15)13-6-7(3-4-11)5-9(13)14/h7-8H,2,5-6H2,1H3,(H2,12,15). The molecule has 1 aliphatic rings. The summed E-state index contributed by atoms with van der Waals surface area (Å²) in [7, 11) is 0. The Kier molecular flexibility index (Phi) is 4.15. The minimum atomic E-state index is -0.486. The fourth-order valence-electron chi connectivity index (χ4n) is 1.78. The van der Waals surface area contributed by atoms with Crippen molar-refractivity contribution in [1.29, 1.82) is 0 Å². The third kappa shape index (κ3) is 2.72. The summed E-state index contributed by atoms with van der Waals surface area (Å²) in [6.45, 7) is 2.34. The van der Waals surface area contributed by atoms with Gasteiger partial charge in [0.25, 0.3) is 0 Å². The quantitative estimate of drug-likeness (QED) is 0.759. The molecule has 0 aromatic heterocycles. The predicted octanol–water partition coefficient (Wildman–Crippen LogP) is 0.455. The Bertz CT molecular complexity index is 332. The van der Waals surface area contributed by atoms with E-state index in [1.807, 2.05) is 6.92 Å². The third-order valence-electron chi connectivity index (χ3n) is 2.51. The van der Waals surface area contributed by atoms with E-state index in [4.69, 9.17) is 5.73 Å². The lowest BCUT2D eigenvalue weighted by molar-refractivity contribution is -0.136. The average Bonchev–Trinajstić information content (AvgIpc) is 2.49. The Hall–Kier alpha value is -1.02. The van der Waals surface area contributed by atoms with Crippen molar-refractivity contribution >= 4 is 27.7 Å². The Morgan fingerprint density at radius 3 is 2.93 bits per heavy atom. The van der Waals surface area contributed by atoms with Crippen LogP contribution in [0.3, 0.4) is 0 Å². The highest BCUT2D eigenvalue weighted by Crippen LogP contribution is 2.20. The van der Waals surface area contributed by atoms with E-state index in [0.717, 1.165) is 0 Å². The van der Waals surface area contributed by atoms with Gasteiger partial charge in [0.05, 0.1) is 0 Å². The van der Waals surface area contributed by atoms with Gasteiger partial charge < -0.3 is 10.6 Å². The summed E-state index contributed by atoms with van der Waals surface area (Å²) in [6, 6.07) is -0.486. The van der Waals surface area contributed by atoms with E-state index in [-0.39, 0.29) is 11.8 Å². The summed E-state index contributed by atoms with van der Waals surface area (Å²) < 4.78 is 0. The molecule has 5 heteroatoms. The Morgan fingerprint density at radius 1 is 1.80 bits per heavy atom. The summed E-state index contributed by atoms with van der Waals surface area (Å²) >= 11 is 3.00. The van der Waals surface area contributed by atoms with Gasteiger partial charge in [-0.05, 0) is 11.3 Å². The maximum Gasteiger partial charge on any atom is 0.240 e. The van der Waals surface area contributed by atoms with E-state index >= 15 is 0 Å². The molecule has 0 radical (unpaired) electrons. The molecule has 0 aromatic rings. The summed E-state index contributed by atoms with van der Waals surface area (Å²) in [5.41, 5.74) is 5.23. The number of nitrogens with zero attached hydrogens (tertiary/aromatic N) is 1. The summed E-state index contributed by atoms with van der Waals surface area (Å²) in [5, 5.41) is 0. The zero-order chi connectivity index (χ0) is 11.4. The maximum absolute atomic E-state index is 11.6. The first kappa shape index (κ1) is 12.1. The number of amides is 2. The molecule has 1 aliphatic heterocycles. The number of hydrogen-bond donors (Lipinski definition) is 1. The summed E-state index contributed by atoms with van der Waals surface area (Å²) in [4.78, 5) is 26.8. The molecule has 82 valence electrons. The highest BCUT2D eigenvalue weighted by Gasteiger charge is 2.35. The van der Waals surface area contributed by atoms with Gasteiger partial charge in [-0.1, -0.05) is 12.8 Å². The van der Waals surface area contributed by atoms with E-state index in [1.54, 1.807) is 0 Å². The molecule has 0 aliphatic carbocycles. The first-order valence-electron chi connectivity index (χ1n) is 4.80. The summed E-state index contributed by atoms with van der Waals surface area (Å²) in [5.74, 6) is 2.39. The zero-order valence-corrected chi connectivity index (χ0v) is 10.1. The topological polar surface area (TPSA) is 63.4 Å². The fraction of sp³-hybridized carbons (Fsp3) is 0.600. The highest BCUT2D eigenvalue weighted by atomic mass is 79.9. The minimum absolute atomic E-state index is 0.00488. The molecule has 2 amide bonds. The second-order valence-electron chi connectivity index (χ2n) is 3.51. The normalized spacial score (nSPS) is 22.1. The number of nitrogens with two attached hydrogens (primary N) is 1. The molecule has 15 heavy (non-hydrogen) atoms. The summed E-state index contributed by atoms with van der Waals surface area (Å²) in [6.07, 6.45) is 0.928. The van der Waals surface area contributed by atoms with Gasteiger partial charge in [0, 0.05) is 34.8 Å². The van der Waals surface area contributed by atoms with Crippen LogP contribution in [-0.4, -0.2) is 29.3 Å². The van der Waals surface area contributed by atoms with E-state index in [1.165, 1.54) is 4.90 Å². The number of carbonyl (C=O) groups excluding carboxylic acids is 2. The average molecular weight is 273 g/mol. The number of halogens is 1. The van der Waals surface area contributed by atoms with Gasteiger partial charge in [0.1, 0.15) is 6.04 Å². The zero-order valence-electron chi connectivity index (χ0n) is 8.50. The molecule has 1 saturated heterocycles. The Labute approximate surface area is 97.3 Å². The molecule has 2 unspecified atom stereocenters. The van der Waals surface area contributed by atoms with Crippen LogP contribution in [0, 0.1) is 16.7 Å². The number of hydrogen-bond acceptors (Lipinski definition) is 2. The lowest BCUT2D eigenvalue weighted by Gasteiger charge is -2.23. The van der Waals surface area contributed by atoms with Crippen molar-refractivity contribution in [2.75, 3.05) is 6.54 Å². The van der Waals surface area contributed by atoms with Crippen LogP contribution < -0.4 is 5.73 Å². The van der Waals surface area contributed by atoms with Crippen LogP contribution >= 0.6 is 15.9 Å². The first-order valence-corrected chi connectivity index (χ1v) is 5.59. The van der Waals surface area contributed by atoms with Gasteiger partial charge in [-0.15, -0.1) is 0 Å². The van der Waals surface area contributed by atoms with Crippen LogP contribution in [0.25, 0.3) is 0 Å². The minimum Gasteiger partial charge on any atom is -0.368 e. The lowest BCUT2D eigenvalue weighted by atomic mass is 10.1. The van der Waals surface area contributed by atoms with Crippen LogP contribution in [0.15, 0.2) is 0 Å². The number of rotatable bonds is 3. The molecule has 1 rings (SSSR count). The molecule has 1 fully saturated rings. The van der Waals surface area contributed by atoms with Crippen molar-refractivity contribution in [3.05, 3.63) is 0 Å². The molecule has 0 aromatic carbocycles. The van der Waals surface area contributed by atoms with Gasteiger partial charge >= 0.3 is 0 Å². The molecular formula is C10H13BrN2O2. The van der Waals surface area contributed by atoms with Gasteiger partial charge in [0.15, 0.2) is 0 Å². The van der Waals surface area contributed by atoms with Crippen molar-refractivity contribution in [2.24, 2.45) is 11.7 Å². The van der Waals surface area contributed by atoms with Crippen molar-refractivity contribution < 1.29 is 9.59 Å².